The molecule has 4 nitrogen and oxygen atoms in total. The minimum absolute atomic E-state index is 0.663. The quantitative estimate of drug-likeness (QED) is 0.175. The van der Waals surface area contributed by atoms with Gasteiger partial charge in [0.1, 0.15) is 0 Å². The number of hydrogen-bond donors (Lipinski definition) is 0. The van der Waals surface area contributed by atoms with Crippen LogP contribution >= 0.6 is 22.7 Å². The van der Waals surface area contributed by atoms with Gasteiger partial charge in [-0.05, 0) is 42.0 Å². The Labute approximate surface area is 335 Å². The number of para-hydroxylation sites is 2. The zero-order valence-corrected chi connectivity index (χ0v) is 32.1. The molecule has 0 radical (unpaired) electrons. The maximum absolute atomic E-state index is 5.11. The van der Waals surface area contributed by atoms with E-state index in [1.165, 1.54) is 79.0 Å². The highest BCUT2D eigenvalue weighted by Gasteiger charge is 2.20. The standard InChI is InChI=1S/C51H30N4S2/c1-3-14-31(15-4-1)49-52-50(32-16-5-2-6-17-32)54-51(53-49)41-24-12-23-40-46-37(20-13-27-44(46)56-48(40)41)39-22-11-21-38-36-29-28-33(30-45(36)57-47(38)39)55-42-25-9-7-18-34(42)35-19-8-10-26-43(35)55/h1-30H. The fourth-order valence-corrected chi connectivity index (χ4v) is 11.0. The molecular weight excluding hydrogens is 733 g/mol. The molecule has 6 heteroatoms. The summed E-state index contributed by atoms with van der Waals surface area (Å²) in [6.07, 6.45) is 0. The lowest BCUT2D eigenvalue weighted by molar-refractivity contribution is 1.08. The lowest BCUT2D eigenvalue weighted by Crippen LogP contribution is -2.00. The number of aromatic nitrogens is 4. The van der Waals surface area contributed by atoms with E-state index in [9.17, 15) is 0 Å². The average Bonchev–Trinajstić information content (AvgIpc) is 3.96. The van der Waals surface area contributed by atoms with Crippen molar-refractivity contribution in [3.05, 3.63) is 182 Å². The van der Waals surface area contributed by atoms with Gasteiger partial charge in [-0.1, -0.05) is 146 Å². The minimum atomic E-state index is 0.663. The van der Waals surface area contributed by atoms with Crippen LogP contribution in [0, 0.1) is 0 Å². The van der Waals surface area contributed by atoms with Gasteiger partial charge in [-0.2, -0.15) is 0 Å². The Morgan fingerprint density at radius 2 is 0.877 bits per heavy atom. The summed E-state index contributed by atoms with van der Waals surface area (Å²) in [7, 11) is 0. The van der Waals surface area contributed by atoms with Gasteiger partial charge in [-0.3, -0.25) is 0 Å². The summed E-state index contributed by atoms with van der Waals surface area (Å²) in [5, 5.41) is 7.58. The van der Waals surface area contributed by atoms with Crippen molar-refractivity contribution in [1.29, 1.82) is 0 Å². The van der Waals surface area contributed by atoms with Gasteiger partial charge >= 0.3 is 0 Å². The summed E-state index contributed by atoms with van der Waals surface area (Å²) in [5.41, 5.74) is 9.04. The summed E-state index contributed by atoms with van der Waals surface area (Å²) in [6.45, 7) is 0. The number of nitrogens with zero attached hydrogens (tertiary/aromatic N) is 4. The molecule has 0 saturated heterocycles. The van der Waals surface area contributed by atoms with Crippen molar-refractivity contribution in [3.63, 3.8) is 0 Å². The first-order valence-electron chi connectivity index (χ1n) is 19.0. The van der Waals surface area contributed by atoms with Gasteiger partial charge in [0.05, 0.1) is 11.0 Å². The normalized spacial score (nSPS) is 11.9. The fourth-order valence-electron chi connectivity index (χ4n) is 8.52. The van der Waals surface area contributed by atoms with Gasteiger partial charge in [-0.15, -0.1) is 22.7 Å². The predicted octanol–water partition coefficient (Wildman–Crippen LogP) is 14.4. The van der Waals surface area contributed by atoms with E-state index in [-0.39, 0.29) is 0 Å². The summed E-state index contributed by atoms with van der Waals surface area (Å²) in [4.78, 5) is 15.2. The van der Waals surface area contributed by atoms with Crippen LogP contribution in [0.2, 0.25) is 0 Å². The van der Waals surface area contributed by atoms with Crippen LogP contribution in [0.25, 0.3) is 113 Å². The highest BCUT2D eigenvalue weighted by atomic mass is 32.1. The molecule has 0 unspecified atom stereocenters. The molecule has 8 aromatic carbocycles. The zero-order chi connectivity index (χ0) is 37.5. The number of rotatable bonds is 5. The van der Waals surface area contributed by atoms with Crippen LogP contribution in [0.15, 0.2) is 182 Å². The number of hydrogen-bond acceptors (Lipinski definition) is 5. The Hall–Kier alpha value is -6.99. The van der Waals surface area contributed by atoms with Crippen LogP contribution < -0.4 is 0 Å². The van der Waals surface area contributed by atoms with Crippen LogP contribution in [-0.2, 0) is 0 Å². The first-order valence-corrected chi connectivity index (χ1v) is 20.7. The number of thiophene rings is 2. The van der Waals surface area contributed by atoms with Gasteiger partial charge in [0, 0.05) is 79.1 Å². The summed E-state index contributed by atoms with van der Waals surface area (Å²) in [6, 6.07) is 64.8. The van der Waals surface area contributed by atoms with E-state index in [1.54, 1.807) is 0 Å². The molecule has 0 spiro atoms. The molecule has 266 valence electrons. The first-order chi connectivity index (χ1) is 28.3. The zero-order valence-electron chi connectivity index (χ0n) is 30.4. The van der Waals surface area contributed by atoms with Crippen LogP contribution in [0.3, 0.4) is 0 Å². The van der Waals surface area contributed by atoms with Crippen molar-refractivity contribution in [2.45, 2.75) is 0 Å². The molecule has 0 aliphatic carbocycles. The highest BCUT2D eigenvalue weighted by molar-refractivity contribution is 7.27. The van der Waals surface area contributed by atoms with Crippen molar-refractivity contribution >= 4 is 84.8 Å². The molecule has 4 heterocycles. The molecule has 4 aromatic heterocycles. The van der Waals surface area contributed by atoms with Crippen molar-refractivity contribution in [2.75, 3.05) is 0 Å². The topological polar surface area (TPSA) is 43.6 Å². The molecule has 0 N–H and O–H groups in total. The molecule has 12 aromatic rings. The van der Waals surface area contributed by atoms with Gasteiger partial charge in [-0.25, -0.2) is 15.0 Å². The molecule has 57 heavy (non-hydrogen) atoms. The monoisotopic (exact) mass is 762 g/mol. The van der Waals surface area contributed by atoms with Crippen LogP contribution in [0.1, 0.15) is 0 Å². The third-order valence-corrected chi connectivity index (χ3v) is 13.5. The molecule has 0 fully saturated rings. The van der Waals surface area contributed by atoms with E-state index >= 15 is 0 Å². The average molecular weight is 763 g/mol. The molecule has 0 saturated carbocycles. The second-order valence-electron chi connectivity index (χ2n) is 14.3. The van der Waals surface area contributed by atoms with Crippen LogP contribution in [0.5, 0.6) is 0 Å². The SMILES string of the molecule is c1ccc(-c2nc(-c3ccccc3)nc(-c3cccc4c3sc3cccc(-c5cccc6c5sc5cc(-n7c8ccccc8c8ccccc87)ccc56)c34)n2)cc1. The fraction of sp³-hybridized carbons (Fsp3) is 0. The maximum Gasteiger partial charge on any atom is 0.165 e. The molecular formula is C51H30N4S2. The van der Waals surface area contributed by atoms with Crippen LogP contribution in [-0.4, -0.2) is 19.5 Å². The van der Waals surface area contributed by atoms with Gasteiger partial charge in [0.15, 0.2) is 17.5 Å². The molecule has 0 aliphatic rings. The van der Waals surface area contributed by atoms with E-state index in [0.717, 1.165) is 16.7 Å². The molecule has 0 atom stereocenters. The lowest BCUT2D eigenvalue weighted by atomic mass is 9.97. The van der Waals surface area contributed by atoms with E-state index in [4.69, 9.17) is 15.0 Å². The van der Waals surface area contributed by atoms with E-state index in [2.05, 4.69) is 150 Å². The third kappa shape index (κ3) is 5.08. The summed E-state index contributed by atoms with van der Waals surface area (Å²) < 4.78 is 7.39. The Bertz CT molecular complexity index is 3410. The van der Waals surface area contributed by atoms with Gasteiger partial charge in [0.25, 0.3) is 0 Å². The largest absolute Gasteiger partial charge is 0.309 e. The Balaban J connectivity index is 1.04. The van der Waals surface area contributed by atoms with Crippen molar-refractivity contribution in [1.82, 2.24) is 19.5 Å². The van der Waals surface area contributed by atoms with E-state index in [0.29, 0.717) is 17.5 Å². The van der Waals surface area contributed by atoms with Crippen molar-refractivity contribution < 1.29 is 0 Å². The smallest absolute Gasteiger partial charge is 0.165 e. The maximum atomic E-state index is 5.11. The van der Waals surface area contributed by atoms with Crippen molar-refractivity contribution in [2.24, 2.45) is 0 Å². The van der Waals surface area contributed by atoms with Gasteiger partial charge < -0.3 is 4.57 Å². The lowest BCUT2D eigenvalue weighted by Gasteiger charge is -2.09. The summed E-state index contributed by atoms with van der Waals surface area (Å²) >= 11 is 3.69. The Kier molecular flexibility index (Phi) is 7.24. The van der Waals surface area contributed by atoms with E-state index in [1.807, 2.05) is 59.1 Å². The minimum Gasteiger partial charge on any atom is -0.309 e. The molecule has 0 amide bonds. The predicted molar refractivity (Wildman–Crippen MR) is 242 cm³/mol. The van der Waals surface area contributed by atoms with E-state index < -0.39 is 0 Å². The Morgan fingerprint density at radius 1 is 0.351 bits per heavy atom. The van der Waals surface area contributed by atoms with Gasteiger partial charge in [0.2, 0.25) is 0 Å². The molecule has 0 aliphatic heterocycles. The van der Waals surface area contributed by atoms with Crippen molar-refractivity contribution in [3.8, 4) is 51.0 Å². The number of benzene rings is 8. The van der Waals surface area contributed by atoms with Crippen LogP contribution in [0.4, 0.5) is 0 Å². The molecule has 12 rings (SSSR count). The second kappa shape index (κ2) is 12.8. The molecule has 0 bridgehead atoms. The highest BCUT2D eigenvalue weighted by Crippen LogP contribution is 2.47. The second-order valence-corrected chi connectivity index (χ2v) is 16.4. The Morgan fingerprint density at radius 3 is 1.58 bits per heavy atom. The first kappa shape index (κ1) is 32.3. The number of fused-ring (bicyclic) bond motifs is 9. The third-order valence-electron chi connectivity index (χ3n) is 11.1. The summed E-state index contributed by atoms with van der Waals surface area (Å²) in [5.74, 6) is 2.00.